The molecule has 0 saturated heterocycles. The fraction of sp³-hybridized carbons (Fsp3) is 0.176. The summed E-state index contributed by atoms with van der Waals surface area (Å²) in [5, 5.41) is 5.41. The quantitative estimate of drug-likeness (QED) is 0.851. The van der Waals surface area contributed by atoms with E-state index in [0.717, 1.165) is 10.5 Å². The van der Waals surface area contributed by atoms with Gasteiger partial charge in [-0.15, -0.1) is 11.8 Å². The van der Waals surface area contributed by atoms with Crippen molar-refractivity contribution < 1.29 is 9.59 Å². The molecule has 2 rings (SSSR count). The number of hydrogen-bond acceptors (Lipinski definition) is 3. The monoisotopic (exact) mass is 314 g/mol. The van der Waals surface area contributed by atoms with Crippen LogP contribution in [0.15, 0.2) is 47.4 Å². The molecule has 2 aromatic rings. The molecule has 0 heterocycles. The molecule has 2 amide bonds. The highest BCUT2D eigenvalue weighted by atomic mass is 32.2. The van der Waals surface area contributed by atoms with Gasteiger partial charge in [-0.1, -0.05) is 6.07 Å². The highest BCUT2D eigenvalue weighted by molar-refractivity contribution is 7.98. The van der Waals surface area contributed by atoms with E-state index in [0.29, 0.717) is 16.8 Å². The van der Waals surface area contributed by atoms with Gasteiger partial charge in [0.15, 0.2) is 0 Å². The van der Waals surface area contributed by atoms with Crippen molar-refractivity contribution in [1.29, 1.82) is 0 Å². The van der Waals surface area contributed by atoms with Crippen LogP contribution < -0.4 is 10.6 Å². The van der Waals surface area contributed by atoms with Crippen LogP contribution in [0.5, 0.6) is 0 Å². The maximum atomic E-state index is 12.4. The normalized spacial score (nSPS) is 10.1. The SMILES string of the molecule is CNC(=O)c1ccc(NC(=O)c2cc(SC)ccc2C)cc1. The van der Waals surface area contributed by atoms with Gasteiger partial charge in [-0.25, -0.2) is 0 Å². The molecular formula is C17H18N2O2S. The molecule has 2 N–H and O–H groups in total. The van der Waals surface area contributed by atoms with Gasteiger partial charge < -0.3 is 10.6 Å². The number of benzene rings is 2. The summed E-state index contributed by atoms with van der Waals surface area (Å²) < 4.78 is 0. The van der Waals surface area contributed by atoms with Gasteiger partial charge in [0.2, 0.25) is 0 Å². The number of hydrogen-bond donors (Lipinski definition) is 2. The predicted molar refractivity (Wildman–Crippen MR) is 90.7 cm³/mol. The molecule has 0 aromatic heterocycles. The standard InChI is InChI=1S/C17H18N2O2S/c1-11-4-9-14(22-3)10-15(11)17(21)19-13-7-5-12(6-8-13)16(20)18-2/h4-10H,1-3H3,(H,18,20)(H,19,21). The molecule has 114 valence electrons. The minimum absolute atomic E-state index is 0.151. The molecule has 0 fully saturated rings. The third-order valence-electron chi connectivity index (χ3n) is 3.32. The highest BCUT2D eigenvalue weighted by Crippen LogP contribution is 2.20. The minimum Gasteiger partial charge on any atom is -0.355 e. The average molecular weight is 314 g/mol. The Labute approximate surface area is 134 Å². The van der Waals surface area contributed by atoms with Crippen LogP contribution in [0.3, 0.4) is 0 Å². The highest BCUT2D eigenvalue weighted by Gasteiger charge is 2.11. The van der Waals surface area contributed by atoms with Gasteiger partial charge in [-0.3, -0.25) is 9.59 Å². The van der Waals surface area contributed by atoms with Crippen molar-refractivity contribution in [1.82, 2.24) is 5.32 Å². The fourth-order valence-electron chi connectivity index (χ4n) is 2.02. The molecular weight excluding hydrogens is 296 g/mol. The third-order valence-corrected chi connectivity index (χ3v) is 4.05. The summed E-state index contributed by atoms with van der Waals surface area (Å²) in [6.07, 6.45) is 1.98. The van der Waals surface area contributed by atoms with Crippen molar-refractivity contribution in [3.05, 3.63) is 59.2 Å². The summed E-state index contributed by atoms with van der Waals surface area (Å²) in [5.41, 5.74) is 2.80. The van der Waals surface area contributed by atoms with E-state index in [1.54, 1.807) is 43.1 Å². The Hall–Kier alpha value is -2.27. The lowest BCUT2D eigenvalue weighted by molar-refractivity contribution is 0.0962. The summed E-state index contributed by atoms with van der Waals surface area (Å²) in [6, 6.07) is 12.6. The summed E-state index contributed by atoms with van der Waals surface area (Å²) >= 11 is 1.60. The Kier molecular flexibility index (Phi) is 5.22. The van der Waals surface area contributed by atoms with Crippen LogP contribution >= 0.6 is 11.8 Å². The van der Waals surface area contributed by atoms with Crippen LogP contribution in [0.4, 0.5) is 5.69 Å². The average Bonchev–Trinajstić information content (AvgIpc) is 2.55. The number of thioether (sulfide) groups is 1. The van der Waals surface area contributed by atoms with Gasteiger partial charge in [0.25, 0.3) is 11.8 Å². The predicted octanol–water partition coefficient (Wildman–Crippen LogP) is 3.33. The van der Waals surface area contributed by atoms with E-state index in [9.17, 15) is 9.59 Å². The second-order valence-electron chi connectivity index (χ2n) is 4.79. The fourth-order valence-corrected chi connectivity index (χ4v) is 2.46. The van der Waals surface area contributed by atoms with Gasteiger partial charge in [0.1, 0.15) is 0 Å². The molecule has 4 nitrogen and oxygen atoms in total. The number of aryl methyl sites for hydroxylation is 1. The maximum Gasteiger partial charge on any atom is 0.255 e. The molecule has 0 atom stereocenters. The summed E-state index contributed by atoms with van der Waals surface area (Å²) in [5.74, 6) is -0.303. The lowest BCUT2D eigenvalue weighted by atomic mass is 10.1. The Balaban J connectivity index is 2.17. The second kappa shape index (κ2) is 7.13. The van der Waals surface area contributed by atoms with Crippen LogP contribution in [0.25, 0.3) is 0 Å². The Morgan fingerprint density at radius 3 is 2.27 bits per heavy atom. The molecule has 0 unspecified atom stereocenters. The molecule has 0 aliphatic heterocycles. The largest absolute Gasteiger partial charge is 0.355 e. The first kappa shape index (κ1) is 16.1. The Morgan fingerprint density at radius 2 is 1.68 bits per heavy atom. The smallest absolute Gasteiger partial charge is 0.255 e. The molecule has 5 heteroatoms. The van der Waals surface area contributed by atoms with E-state index in [2.05, 4.69) is 10.6 Å². The number of rotatable bonds is 4. The van der Waals surface area contributed by atoms with Crippen molar-refractivity contribution in [2.45, 2.75) is 11.8 Å². The molecule has 22 heavy (non-hydrogen) atoms. The zero-order valence-electron chi connectivity index (χ0n) is 12.8. The number of nitrogens with one attached hydrogen (secondary N) is 2. The summed E-state index contributed by atoms with van der Waals surface area (Å²) in [4.78, 5) is 24.9. The summed E-state index contributed by atoms with van der Waals surface area (Å²) in [6.45, 7) is 1.91. The number of anilines is 1. The van der Waals surface area contributed by atoms with Gasteiger partial charge in [-0.2, -0.15) is 0 Å². The van der Waals surface area contributed by atoms with Crippen LogP contribution in [-0.2, 0) is 0 Å². The lowest BCUT2D eigenvalue weighted by Gasteiger charge is -2.09. The van der Waals surface area contributed by atoms with E-state index >= 15 is 0 Å². The first-order valence-electron chi connectivity index (χ1n) is 6.83. The van der Waals surface area contributed by atoms with Crippen LogP contribution in [0.1, 0.15) is 26.3 Å². The first-order valence-corrected chi connectivity index (χ1v) is 8.05. The molecule has 0 spiro atoms. The van der Waals surface area contributed by atoms with Crippen LogP contribution in [0, 0.1) is 6.92 Å². The molecule has 0 radical (unpaired) electrons. The Bertz CT molecular complexity index is 696. The lowest BCUT2D eigenvalue weighted by Crippen LogP contribution is -2.18. The second-order valence-corrected chi connectivity index (χ2v) is 5.67. The van der Waals surface area contributed by atoms with E-state index in [1.807, 2.05) is 31.4 Å². The molecule has 0 bridgehead atoms. The topological polar surface area (TPSA) is 58.2 Å². The molecule has 0 aliphatic rings. The summed E-state index contributed by atoms with van der Waals surface area (Å²) in [7, 11) is 1.58. The molecule has 0 aliphatic carbocycles. The van der Waals surface area contributed by atoms with E-state index in [4.69, 9.17) is 0 Å². The minimum atomic E-state index is -0.152. The molecule has 0 saturated carbocycles. The number of amides is 2. The van der Waals surface area contributed by atoms with E-state index in [-0.39, 0.29) is 11.8 Å². The van der Waals surface area contributed by atoms with Gasteiger partial charge in [-0.05, 0) is 55.1 Å². The zero-order chi connectivity index (χ0) is 16.1. The van der Waals surface area contributed by atoms with Gasteiger partial charge >= 0.3 is 0 Å². The molecule has 2 aromatic carbocycles. The third kappa shape index (κ3) is 3.68. The maximum absolute atomic E-state index is 12.4. The number of carbonyl (C=O) groups is 2. The van der Waals surface area contributed by atoms with Gasteiger partial charge in [0, 0.05) is 28.8 Å². The van der Waals surface area contributed by atoms with Crippen molar-refractivity contribution in [3.63, 3.8) is 0 Å². The first-order chi connectivity index (χ1) is 10.5. The van der Waals surface area contributed by atoms with Crippen molar-refractivity contribution >= 4 is 29.3 Å². The van der Waals surface area contributed by atoms with Crippen LogP contribution in [-0.4, -0.2) is 25.1 Å². The number of carbonyl (C=O) groups excluding carboxylic acids is 2. The van der Waals surface area contributed by atoms with Crippen molar-refractivity contribution in [2.75, 3.05) is 18.6 Å². The van der Waals surface area contributed by atoms with Crippen molar-refractivity contribution in [3.8, 4) is 0 Å². The van der Waals surface area contributed by atoms with E-state index < -0.39 is 0 Å². The Morgan fingerprint density at radius 1 is 1.00 bits per heavy atom. The van der Waals surface area contributed by atoms with Gasteiger partial charge in [0.05, 0.1) is 0 Å². The van der Waals surface area contributed by atoms with E-state index in [1.165, 1.54) is 0 Å². The van der Waals surface area contributed by atoms with Crippen LogP contribution in [0.2, 0.25) is 0 Å². The van der Waals surface area contributed by atoms with Crippen molar-refractivity contribution in [2.24, 2.45) is 0 Å². The zero-order valence-corrected chi connectivity index (χ0v) is 13.6.